The van der Waals surface area contributed by atoms with Crippen LogP contribution in [0.1, 0.15) is 76.2 Å². The molecule has 40 heavy (non-hydrogen) atoms. The molecule has 10 heteroatoms. The molecule has 1 aromatic carbocycles. The molecule has 9 nitrogen and oxygen atoms in total. The maximum absolute atomic E-state index is 12.0. The van der Waals surface area contributed by atoms with Gasteiger partial charge < -0.3 is 15.4 Å². The maximum Gasteiger partial charge on any atom is 0.294 e. The Bertz CT molecular complexity index is 1130. The van der Waals surface area contributed by atoms with Crippen molar-refractivity contribution in [3.8, 4) is 0 Å². The highest BCUT2D eigenvalue weighted by Crippen LogP contribution is 2.63. The molecule has 7 fully saturated rings. The minimum absolute atomic E-state index is 0.0666. The second-order valence-corrected chi connectivity index (χ2v) is 14.7. The molecule has 2 spiro atoms. The molecule has 1 heterocycles. The Labute approximate surface area is 237 Å². The van der Waals surface area contributed by atoms with Crippen LogP contribution in [0.3, 0.4) is 0 Å². The Kier molecular flexibility index (Phi) is 8.04. The van der Waals surface area contributed by atoms with E-state index in [1.807, 2.05) is 6.92 Å². The van der Waals surface area contributed by atoms with Crippen LogP contribution in [0, 0.1) is 42.4 Å². The van der Waals surface area contributed by atoms with Gasteiger partial charge in [0.05, 0.1) is 11.4 Å². The average molecular weight is 577 g/mol. The van der Waals surface area contributed by atoms with Gasteiger partial charge in [-0.2, -0.15) is 18.2 Å². The van der Waals surface area contributed by atoms with Gasteiger partial charge in [-0.15, -0.1) is 0 Å². The van der Waals surface area contributed by atoms with Crippen molar-refractivity contribution in [2.75, 3.05) is 19.6 Å². The predicted molar refractivity (Wildman–Crippen MR) is 147 cm³/mol. The molecule has 7 aliphatic rings. The summed E-state index contributed by atoms with van der Waals surface area (Å²) in [4.78, 5) is 24.1. The van der Waals surface area contributed by atoms with Gasteiger partial charge in [-0.1, -0.05) is 17.7 Å². The summed E-state index contributed by atoms with van der Waals surface area (Å²) < 4.78 is 36.3. The zero-order chi connectivity index (χ0) is 28.0. The summed E-state index contributed by atoms with van der Waals surface area (Å²) in [5.74, 6) is 3.28. The molecular formula is C30H44N2O7S. The first-order chi connectivity index (χ1) is 19.1. The minimum Gasteiger partial charge on any atom is -0.355 e. The zero-order valence-electron chi connectivity index (χ0n) is 23.5. The molecule has 0 aromatic heterocycles. The number of benzene rings is 1. The van der Waals surface area contributed by atoms with Crippen LogP contribution in [0.15, 0.2) is 29.2 Å². The van der Waals surface area contributed by atoms with Gasteiger partial charge in [0.15, 0.2) is 0 Å². The number of hydrogen-bond donors (Lipinski definition) is 3. The lowest BCUT2D eigenvalue weighted by Crippen LogP contribution is -2.59. The molecule has 8 rings (SSSR count). The van der Waals surface area contributed by atoms with Gasteiger partial charge in [0, 0.05) is 31.2 Å². The number of ether oxygens (including phenoxy) is 1. The number of amides is 1. The molecule has 6 saturated carbocycles. The summed E-state index contributed by atoms with van der Waals surface area (Å²) in [5, 5.41) is 6.37. The number of nitrogens with one attached hydrogen (secondary N) is 2. The van der Waals surface area contributed by atoms with E-state index in [9.17, 15) is 13.2 Å². The Balaban J connectivity index is 0.000000223. The molecule has 0 unspecified atom stereocenters. The van der Waals surface area contributed by atoms with Gasteiger partial charge in [-0.25, -0.2) is 0 Å². The Morgan fingerprint density at radius 3 is 2.08 bits per heavy atom. The fraction of sp³-hybridized carbons (Fsp3) is 0.767. The van der Waals surface area contributed by atoms with Crippen LogP contribution in [-0.2, 0) is 29.4 Å². The highest BCUT2D eigenvalue weighted by atomic mass is 32.2. The summed E-state index contributed by atoms with van der Waals surface area (Å²) in [6.07, 6.45) is 12.9. The fourth-order valence-corrected chi connectivity index (χ4v) is 8.34. The average Bonchev–Trinajstić information content (AvgIpc) is 3.67. The monoisotopic (exact) mass is 576 g/mol. The summed E-state index contributed by atoms with van der Waals surface area (Å²) in [5.41, 5.74) is 0.956. The molecule has 3 N–H and O–H groups in total. The van der Waals surface area contributed by atoms with Crippen molar-refractivity contribution in [1.29, 1.82) is 0 Å². The van der Waals surface area contributed by atoms with Crippen LogP contribution < -0.4 is 10.6 Å². The molecule has 4 bridgehead atoms. The van der Waals surface area contributed by atoms with Crippen molar-refractivity contribution in [3.63, 3.8) is 0 Å². The smallest absolute Gasteiger partial charge is 0.294 e. The highest BCUT2D eigenvalue weighted by molar-refractivity contribution is 7.85. The van der Waals surface area contributed by atoms with Crippen LogP contribution in [0.25, 0.3) is 0 Å². The lowest BCUT2D eigenvalue weighted by atomic mass is 9.53. The molecule has 1 aromatic rings. The normalized spacial score (nSPS) is 37.9. The van der Waals surface area contributed by atoms with Gasteiger partial charge >= 0.3 is 0 Å². The molecule has 0 radical (unpaired) electrons. The van der Waals surface area contributed by atoms with Crippen LogP contribution >= 0.6 is 0 Å². The lowest BCUT2D eigenvalue weighted by molar-refractivity contribution is -0.390. The van der Waals surface area contributed by atoms with Gasteiger partial charge in [0.2, 0.25) is 17.5 Å². The van der Waals surface area contributed by atoms with Crippen LogP contribution in [0.2, 0.25) is 0 Å². The third-order valence-corrected chi connectivity index (χ3v) is 11.0. The van der Waals surface area contributed by atoms with Crippen molar-refractivity contribution >= 4 is 16.0 Å². The van der Waals surface area contributed by atoms with Gasteiger partial charge in [-0.05, 0) is 107 Å². The maximum atomic E-state index is 12.0. The third kappa shape index (κ3) is 6.27. The molecular weight excluding hydrogens is 532 g/mol. The highest BCUT2D eigenvalue weighted by Gasteiger charge is 2.66. The second-order valence-electron chi connectivity index (χ2n) is 13.3. The standard InChI is InChI=1S/C23H36N2O4.C7H8O3S/c26-21(14-24-12-15-1-2-15)25-13-16-3-5-22(6-4-16)27-23(29-28-22)19-8-17-7-18(10-19)11-20(23)9-17;1-6-2-4-7(5-3-6)11(8,9)10/h15-20,24H,1-14H2,(H,25,26);2-5H,1H3,(H,8,9,10). The second kappa shape index (κ2) is 11.3. The van der Waals surface area contributed by atoms with Crippen molar-refractivity contribution in [1.82, 2.24) is 10.6 Å². The largest absolute Gasteiger partial charge is 0.355 e. The predicted octanol–water partition coefficient (Wildman–Crippen LogP) is 4.36. The lowest BCUT2D eigenvalue weighted by Gasteiger charge is -2.57. The van der Waals surface area contributed by atoms with Crippen molar-refractivity contribution in [2.24, 2.45) is 35.5 Å². The Morgan fingerprint density at radius 2 is 1.50 bits per heavy atom. The van der Waals surface area contributed by atoms with Gasteiger partial charge in [0.1, 0.15) is 0 Å². The topological polar surface area (TPSA) is 123 Å². The Morgan fingerprint density at radius 1 is 0.900 bits per heavy atom. The van der Waals surface area contributed by atoms with E-state index < -0.39 is 21.7 Å². The van der Waals surface area contributed by atoms with Crippen molar-refractivity contribution in [3.05, 3.63) is 29.8 Å². The van der Waals surface area contributed by atoms with E-state index in [0.29, 0.717) is 24.3 Å². The minimum atomic E-state index is -4.02. The van der Waals surface area contributed by atoms with E-state index in [2.05, 4.69) is 10.6 Å². The third-order valence-electron chi connectivity index (χ3n) is 10.1. The number of carbonyl (C=O) groups excluding carboxylic acids is 1. The number of aryl methyl sites for hydroxylation is 1. The van der Waals surface area contributed by atoms with E-state index in [1.54, 1.807) is 12.1 Å². The van der Waals surface area contributed by atoms with E-state index in [1.165, 1.54) is 57.1 Å². The van der Waals surface area contributed by atoms with E-state index in [0.717, 1.165) is 62.1 Å². The summed E-state index contributed by atoms with van der Waals surface area (Å²) in [7, 11) is -4.02. The molecule has 1 aliphatic heterocycles. The Hall–Kier alpha value is -1.56. The number of rotatable bonds is 7. The molecule has 222 valence electrons. The fourth-order valence-electron chi connectivity index (χ4n) is 7.86. The molecule has 1 saturated heterocycles. The van der Waals surface area contributed by atoms with Crippen molar-refractivity contribution < 1.29 is 32.3 Å². The van der Waals surface area contributed by atoms with Crippen LogP contribution in [0.5, 0.6) is 0 Å². The van der Waals surface area contributed by atoms with Crippen LogP contribution in [0.4, 0.5) is 0 Å². The number of carbonyl (C=O) groups is 1. The first-order valence-electron chi connectivity index (χ1n) is 15.2. The zero-order valence-corrected chi connectivity index (χ0v) is 24.3. The first-order valence-corrected chi connectivity index (χ1v) is 16.6. The van der Waals surface area contributed by atoms with Crippen molar-refractivity contribution in [2.45, 2.75) is 94.0 Å². The summed E-state index contributed by atoms with van der Waals surface area (Å²) in [6.45, 7) is 4.04. The molecule has 0 atom stereocenters. The number of hydrogen-bond acceptors (Lipinski definition) is 7. The van der Waals surface area contributed by atoms with Crippen LogP contribution in [-0.4, -0.2) is 50.1 Å². The van der Waals surface area contributed by atoms with E-state index in [-0.39, 0.29) is 10.8 Å². The molecule has 1 amide bonds. The molecule has 6 aliphatic carbocycles. The summed E-state index contributed by atoms with van der Waals surface area (Å²) in [6, 6.07) is 5.99. The summed E-state index contributed by atoms with van der Waals surface area (Å²) >= 11 is 0. The first kappa shape index (κ1) is 28.6. The van der Waals surface area contributed by atoms with E-state index >= 15 is 0 Å². The SMILES string of the molecule is Cc1ccc(S(=O)(=O)O)cc1.O=C(CNCC1CC1)NCC1CCC2(CC1)OOC1(O2)C2CC3CC(C2)CC1C3. The quantitative estimate of drug-likeness (QED) is 0.323. The van der Waals surface area contributed by atoms with E-state index in [4.69, 9.17) is 19.1 Å². The van der Waals surface area contributed by atoms with Gasteiger partial charge in [-0.3, -0.25) is 9.35 Å². The van der Waals surface area contributed by atoms with Gasteiger partial charge in [0.25, 0.3) is 10.1 Å².